The minimum atomic E-state index is -0.187. The molecule has 0 fully saturated rings. The summed E-state index contributed by atoms with van der Waals surface area (Å²) < 4.78 is 12.0. The van der Waals surface area contributed by atoms with Gasteiger partial charge in [-0.25, -0.2) is 0 Å². The lowest BCUT2D eigenvalue weighted by Gasteiger charge is -2.34. The Hall–Kier alpha value is -2.29. The second kappa shape index (κ2) is 10.8. The van der Waals surface area contributed by atoms with Gasteiger partial charge in [0.15, 0.2) is 0 Å². The lowest BCUT2D eigenvalue weighted by Crippen LogP contribution is -2.28. The molecule has 0 saturated carbocycles. The van der Waals surface area contributed by atoms with Crippen molar-refractivity contribution in [2.24, 2.45) is 11.8 Å². The fourth-order valence-electron chi connectivity index (χ4n) is 4.18. The summed E-state index contributed by atoms with van der Waals surface area (Å²) >= 11 is 0. The smallest absolute Gasteiger partial charge is 0.314 e. The Morgan fingerprint density at radius 3 is 1.82 bits per heavy atom. The number of benzene rings is 2. The van der Waals surface area contributed by atoms with Crippen molar-refractivity contribution < 1.29 is 14.3 Å². The molecule has 0 amide bonds. The van der Waals surface area contributed by atoms with Gasteiger partial charge in [0, 0.05) is 5.41 Å². The zero-order valence-electron chi connectivity index (χ0n) is 22.5. The van der Waals surface area contributed by atoms with Crippen molar-refractivity contribution in [2.45, 2.75) is 99.5 Å². The third kappa shape index (κ3) is 6.62. The summed E-state index contributed by atoms with van der Waals surface area (Å²) in [6, 6.07) is 12.9. The molecule has 0 bridgehead atoms. The highest BCUT2D eigenvalue weighted by Gasteiger charge is 2.31. The van der Waals surface area contributed by atoms with Crippen molar-refractivity contribution in [2.75, 3.05) is 0 Å². The number of hydrogen-bond donors (Lipinski definition) is 0. The van der Waals surface area contributed by atoms with E-state index in [4.69, 9.17) is 9.47 Å². The molecule has 0 heterocycles. The largest absolute Gasteiger partial charge is 0.488 e. The van der Waals surface area contributed by atoms with Crippen LogP contribution in [0.3, 0.4) is 0 Å². The third-order valence-corrected chi connectivity index (χ3v) is 6.90. The van der Waals surface area contributed by atoms with Crippen LogP contribution in [0.15, 0.2) is 36.4 Å². The maximum Gasteiger partial charge on any atom is 0.314 e. The van der Waals surface area contributed by atoms with E-state index < -0.39 is 0 Å². The second-order valence-corrected chi connectivity index (χ2v) is 10.8. The summed E-state index contributed by atoms with van der Waals surface area (Å²) in [6.45, 7) is 21.3. The van der Waals surface area contributed by atoms with E-state index in [9.17, 15) is 4.79 Å². The monoisotopic (exact) mass is 452 g/mol. The summed E-state index contributed by atoms with van der Waals surface area (Å²) in [4.78, 5) is 12.3. The highest BCUT2D eigenvalue weighted by Crippen LogP contribution is 2.41. The van der Waals surface area contributed by atoms with Crippen molar-refractivity contribution in [1.82, 2.24) is 0 Å². The van der Waals surface area contributed by atoms with Gasteiger partial charge < -0.3 is 9.47 Å². The van der Waals surface area contributed by atoms with Crippen LogP contribution >= 0.6 is 0 Å². The van der Waals surface area contributed by atoms with Gasteiger partial charge in [0.05, 0.1) is 5.92 Å². The molecule has 2 aromatic carbocycles. The SMILES string of the molecule is CCC(C)C(=O)Oc1ccc(C(C)(CC(C)C)c2ccc(OC(C)(C)CC)c(C)c2)cc1C. The van der Waals surface area contributed by atoms with Gasteiger partial charge >= 0.3 is 5.97 Å². The van der Waals surface area contributed by atoms with Crippen molar-refractivity contribution in [3.63, 3.8) is 0 Å². The maximum absolute atomic E-state index is 12.3. The maximum atomic E-state index is 12.3. The second-order valence-electron chi connectivity index (χ2n) is 10.8. The number of rotatable bonds is 10. The first-order valence-electron chi connectivity index (χ1n) is 12.5. The van der Waals surface area contributed by atoms with Crippen LogP contribution < -0.4 is 9.47 Å². The van der Waals surface area contributed by atoms with Gasteiger partial charge in [0.2, 0.25) is 0 Å². The molecule has 182 valence electrons. The van der Waals surface area contributed by atoms with Gasteiger partial charge in [-0.05, 0) is 87.3 Å². The first-order chi connectivity index (χ1) is 15.3. The van der Waals surface area contributed by atoms with Gasteiger partial charge in [-0.1, -0.05) is 65.8 Å². The Morgan fingerprint density at radius 1 is 0.879 bits per heavy atom. The number of ether oxygens (including phenoxy) is 2. The number of aryl methyl sites for hydroxylation is 2. The van der Waals surface area contributed by atoms with Crippen molar-refractivity contribution in [3.8, 4) is 11.5 Å². The topological polar surface area (TPSA) is 35.5 Å². The Bertz CT molecular complexity index is 957. The fourth-order valence-corrected chi connectivity index (χ4v) is 4.18. The van der Waals surface area contributed by atoms with E-state index in [2.05, 4.69) is 78.8 Å². The Morgan fingerprint density at radius 2 is 1.39 bits per heavy atom. The van der Waals surface area contributed by atoms with E-state index in [1.807, 2.05) is 26.8 Å². The van der Waals surface area contributed by atoms with E-state index >= 15 is 0 Å². The first-order valence-corrected chi connectivity index (χ1v) is 12.5. The lowest BCUT2D eigenvalue weighted by atomic mass is 9.70. The number of carbonyl (C=O) groups excluding carboxylic acids is 1. The molecule has 0 aromatic heterocycles. The van der Waals surface area contributed by atoms with E-state index in [0.717, 1.165) is 36.1 Å². The van der Waals surface area contributed by atoms with E-state index in [1.165, 1.54) is 11.1 Å². The minimum Gasteiger partial charge on any atom is -0.488 e. The van der Waals surface area contributed by atoms with Crippen LogP contribution in [0.1, 0.15) is 96.9 Å². The molecule has 3 nitrogen and oxygen atoms in total. The standard InChI is InChI=1S/C30H44O3/c1-11-21(5)28(31)32-26-15-13-24(17-22(26)6)30(10,19-20(3)4)25-14-16-27(23(7)18-25)33-29(8,9)12-2/h13-18,20-21H,11-12,19H2,1-10H3. The Kier molecular flexibility index (Phi) is 8.79. The average molecular weight is 453 g/mol. The minimum absolute atomic E-state index is 0.100. The van der Waals surface area contributed by atoms with Crippen molar-refractivity contribution in [1.29, 1.82) is 0 Å². The van der Waals surface area contributed by atoms with Crippen LogP contribution in [0, 0.1) is 25.7 Å². The molecule has 3 heteroatoms. The predicted molar refractivity (Wildman–Crippen MR) is 138 cm³/mol. The Labute approximate surface area is 201 Å². The fraction of sp³-hybridized carbons (Fsp3) is 0.567. The van der Waals surface area contributed by atoms with Gasteiger partial charge in [0.25, 0.3) is 0 Å². The van der Waals surface area contributed by atoms with Crippen LogP contribution in [0.25, 0.3) is 0 Å². The molecule has 0 radical (unpaired) electrons. The zero-order chi connectivity index (χ0) is 25.0. The van der Waals surface area contributed by atoms with Gasteiger partial charge in [0.1, 0.15) is 17.1 Å². The molecule has 0 aliphatic rings. The molecule has 2 unspecified atom stereocenters. The molecule has 0 aliphatic carbocycles. The van der Waals surface area contributed by atoms with E-state index in [0.29, 0.717) is 11.7 Å². The van der Waals surface area contributed by atoms with Crippen LogP contribution in [-0.4, -0.2) is 11.6 Å². The van der Waals surface area contributed by atoms with Crippen LogP contribution in [0.2, 0.25) is 0 Å². The number of esters is 1. The summed E-state index contributed by atoms with van der Waals surface area (Å²) in [5.41, 5.74) is 4.30. The summed E-state index contributed by atoms with van der Waals surface area (Å²) in [5.74, 6) is 1.85. The molecule has 0 aliphatic heterocycles. The van der Waals surface area contributed by atoms with Crippen LogP contribution in [-0.2, 0) is 10.2 Å². The average Bonchev–Trinajstić information content (AvgIpc) is 2.75. The molecule has 0 spiro atoms. The first kappa shape index (κ1) is 27.0. The molecule has 33 heavy (non-hydrogen) atoms. The Balaban J connectivity index is 2.45. The molecule has 2 atom stereocenters. The molecule has 0 N–H and O–H groups in total. The summed E-state index contributed by atoms with van der Waals surface area (Å²) in [5, 5.41) is 0. The van der Waals surface area contributed by atoms with Crippen LogP contribution in [0.5, 0.6) is 11.5 Å². The molecular weight excluding hydrogens is 408 g/mol. The predicted octanol–water partition coefficient (Wildman–Crippen LogP) is 8.17. The molecule has 2 aromatic rings. The summed E-state index contributed by atoms with van der Waals surface area (Å²) in [6.07, 6.45) is 2.74. The number of carbonyl (C=O) groups is 1. The van der Waals surface area contributed by atoms with Gasteiger partial charge in [-0.2, -0.15) is 0 Å². The van der Waals surface area contributed by atoms with E-state index in [-0.39, 0.29) is 22.9 Å². The normalized spacial score (nSPS) is 14.6. The zero-order valence-corrected chi connectivity index (χ0v) is 22.5. The van der Waals surface area contributed by atoms with Crippen molar-refractivity contribution in [3.05, 3.63) is 58.7 Å². The lowest BCUT2D eigenvalue weighted by molar-refractivity contribution is -0.138. The van der Waals surface area contributed by atoms with Crippen LogP contribution in [0.4, 0.5) is 0 Å². The van der Waals surface area contributed by atoms with Crippen molar-refractivity contribution >= 4 is 5.97 Å². The van der Waals surface area contributed by atoms with Gasteiger partial charge in [-0.15, -0.1) is 0 Å². The highest BCUT2D eigenvalue weighted by molar-refractivity contribution is 5.75. The van der Waals surface area contributed by atoms with Gasteiger partial charge in [-0.3, -0.25) is 4.79 Å². The third-order valence-electron chi connectivity index (χ3n) is 6.90. The summed E-state index contributed by atoms with van der Waals surface area (Å²) in [7, 11) is 0. The molecular formula is C30H44O3. The molecule has 0 saturated heterocycles. The van der Waals surface area contributed by atoms with E-state index in [1.54, 1.807) is 0 Å². The highest BCUT2D eigenvalue weighted by atomic mass is 16.5. The quantitative estimate of drug-likeness (QED) is 0.269. The molecule has 2 rings (SSSR count). The number of hydrogen-bond acceptors (Lipinski definition) is 3.